The molecule has 2 N–H and O–H groups in total. The van der Waals surface area contributed by atoms with Crippen LogP contribution < -0.4 is 10.6 Å². The predicted octanol–water partition coefficient (Wildman–Crippen LogP) is 3.70. The van der Waals surface area contributed by atoms with Gasteiger partial charge in [0.1, 0.15) is 5.01 Å². The standard InChI is InChI=1S/C15H26N4S.HI/c1-12-10-18-14(20-12)11-19-15(16-2)17-9-5-8-13-6-3-4-7-13;/h10,13H,3-9,11H2,1-2H3,(H2,16,17,19);1H. The Bertz CT molecular complexity index is 427. The predicted molar refractivity (Wildman–Crippen MR) is 102 cm³/mol. The molecule has 21 heavy (non-hydrogen) atoms. The molecule has 1 aliphatic carbocycles. The van der Waals surface area contributed by atoms with Crippen molar-refractivity contribution in [3.63, 3.8) is 0 Å². The van der Waals surface area contributed by atoms with Crippen LogP contribution in [0, 0.1) is 12.8 Å². The third-order valence-corrected chi connectivity index (χ3v) is 4.77. The van der Waals surface area contributed by atoms with E-state index in [1.54, 1.807) is 11.3 Å². The first kappa shape index (κ1) is 18.7. The van der Waals surface area contributed by atoms with Crippen molar-refractivity contribution in [3.05, 3.63) is 16.1 Å². The second-order valence-corrected chi connectivity index (χ2v) is 6.83. The van der Waals surface area contributed by atoms with Gasteiger partial charge in [0.2, 0.25) is 0 Å². The van der Waals surface area contributed by atoms with Gasteiger partial charge in [-0.2, -0.15) is 0 Å². The van der Waals surface area contributed by atoms with Gasteiger partial charge in [-0.15, -0.1) is 35.3 Å². The van der Waals surface area contributed by atoms with E-state index in [0.29, 0.717) is 0 Å². The minimum Gasteiger partial charge on any atom is -0.356 e. The highest BCUT2D eigenvalue weighted by Gasteiger charge is 2.13. The van der Waals surface area contributed by atoms with Crippen LogP contribution in [0.3, 0.4) is 0 Å². The van der Waals surface area contributed by atoms with Crippen molar-refractivity contribution in [1.29, 1.82) is 0 Å². The van der Waals surface area contributed by atoms with Gasteiger partial charge < -0.3 is 10.6 Å². The highest BCUT2D eigenvalue weighted by molar-refractivity contribution is 14.0. The van der Waals surface area contributed by atoms with E-state index in [1.165, 1.54) is 43.4 Å². The highest BCUT2D eigenvalue weighted by Crippen LogP contribution is 2.28. The van der Waals surface area contributed by atoms with Crippen molar-refractivity contribution < 1.29 is 0 Å². The van der Waals surface area contributed by atoms with E-state index in [9.17, 15) is 0 Å². The van der Waals surface area contributed by atoms with Gasteiger partial charge in [-0.1, -0.05) is 25.7 Å². The monoisotopic (exact) mass is 422 g/mol. The molecule has 0 radical (unpaired) electrons. The Labute approximate surface area is 149 Å². The summed E-state index contributed by atoms with van der Waals surface area (Å²) in [6, 6.07) is 0. The molecule has 4 nitrogen and oxygen atoms in total. The summed E-state index contributed by atoms with van der Waals surface area (Å²) in [5.41, 5.74) is 0. The molecule has 0 amide bonds. The topological polar surface area (TPSA) is 49.3 Å². The maximum atomic E-state index is 4.34. The van der Waals surface area contributed by atoms with Gasteiger partial charge in [-0.3, -0.25) is 4.99 Å². The fourth-order valence-electron chi connectivity index (χ4n) is 2.76. The van der Waals surface area contributed by atoms with Crippen LogP contribution in [0.15, 0.2) is 11.2 Å². The highest BCUT2D eigenvalue weighted by atomic mass is 127. The van der Waals surface area contributed by atoms with E-state index >= 15 is 0 Å². The van der Waals surface area contributed by atoms with Gasteiger partial charge in [0.25, 0.3) is 0 Å². The molecular formula is C15H27IN4S. The van der Waals surface area contributed by atoms with Crippen LogP contribution >= 0.6 is 35.3 Å². The molecule has 1 aromatic heterocycles. The zero-order valence-electron chi connectivity index (χ0n) is 13.0. The van der Waals surface area contributed by atoms with E-state index in [0.717, 1.165) is 30.0 Å². The molecule has 120 valence electrons. The van der Waals surface area contributed by atoms with Crippen molar-refractivity contribution in [3.8, 4) is 0 Å². The summed E-state index contributed by atoms with van der Waals surface area (Å²) < 4.78 is 0. The summed E-state index contributed by atoms with van der Waals surface area (Å²) in [6.07, 6.45) is 10.3. The first-order valence-corrected chi connectivity index (χ1v) is 8.45. The molecule has 1 aromatic rings. The molecule has 1 aliphatic rings. The SMILES string of the molecule is CN=C(NCCCC1CCCC1)NCc1ncc(C)s1.I. The second-order valence-electron chi connectivity index (χ2n) is 5.51. The Balaban J connectivity index is 0.00000220. The summed E-state index contributed by atoms with van der Waals surface area (Å²) in [4.78, 5) is 9.85. The van der Waals surface area contributed by atoms with E-state index < -0.39 is 0 Å². The summed E-state index contributed by atoms with van der Waals surface area (Å²) in [6.45, 7) is 3.84. The lowest BCUT2D eigenvalue weighted by atomic mass is 10.0. The number of hydrogen-bond acceptors (Lipinski definition) is 3. The van der Waals surface area contributed by atoms with Crippen LogP contribution in [0.1, 0.15) is 48.4 Å². The van der Waals surface area contributed by atoms with E-state index in [1.807, 2.05) is 13.2 Å². The van der Waals surface area contributed by atoms with Crippen LogP contribution in [0.5, 0.6) is 0 Å². The molecule has 1 fully saturated rings. The van der Waals surface area contributed by atoms with Crippen molar-refractivity contribution in [2.45, 2.75) is 52.0 Å². The maximum Gasteiger partial charge on any atom is 0.191 e. The molecule has 1 heterocycles. The number of nitrogens with zero attached hydrogens (tertiary/aromatic N) is 2. The van der Waals surface area contributed by atoms with Gasteiger partial charge in [0.15, 0.2) is 5.96 Å². The van der Waals surface area contributed by atoms with E-state index in [4.69, 9.17) is 0 Å². The number of aliphatic imine (C=N–C) groups is 1. The first-order chi connectivity index (χ1) is 9.78. The van der Waals surface area contributed by atoms with Gasteiger partial charge in [0.05, 0.1) is 6.54 Å². The molecule has 0 saturated heterocycles. The number of thiazole rings is 1. The van der Waals surface area contributed by atoms with Crippen LogP contribution in [0.2, 0.25) is 0 Å². The molecule has 1 saturated carbocycles. The zero-order chi connectivity index (χ0) is 14.2. The number of nitrogens with one attached hydrogen (secondary N) is 2. The van der Waals surface area contributed by atoms with Crippen LogP contribution in [0.4, 0.5) is 0 Å². The van der Waals surface area contributed by atoms with Gasteiger partial charge in [-0.05, 0) is 25.7 Å². The number of rotatable bonds is 6. The van der Waals surface area contributed by atoms with Gasteiger partial charge >= 0.3 is 0 Å². The van der Waals surface area contributed by atoms with Gasteiger partial charge in [-0.25, -0.2) is 4.98 Å². The minimum atomic E-state index is 0. The van der Waals surface area contributed by atoms with Gasteiger partial charge in [0, 0.05) is 24.7 Å². The Morgan fingerprint density at radius 2 is 2.14 bits per heavy atom. The smallest absolute Gasteiger partial charge is 0.191 e. The lowest BCUT2D eigenvalue weighted by molar-refractivity contribution is 0.481. The molecular weight excluding hydrogens is 395 g/mol. The van der Waals surface area contributed by atoms with Crippen LogP contribution in [-0.4, -0.2) is 24.5 Å². The lowest BCUT2D eigenvalue weighted by Gasteiger charge is -2.12. The Morgan fingerprint density at radius 1 is 1.38 bits per heavy atom. The molecule has 0 aliphatic heterocycles. The third kappa shape index (κ3) is 6.95. The van der Waals surface area contributed by atoms with Crippen molar-refractivity contribution >= 4 is 41.3 Å². The Morgan fingerprint density at radius 3 is 2.76 bits per heavy atom. The van der Waals surface area contributed by atoms with Crippen LogP contribution in [-0.2, 0) is 6.54 Å². The molecule has 0 spiro atoms. The number of halogens is 1. The first-order valence-electron chi connectivity index (χ1n) is 7.63. The molecule has 0 aromatic carbocycles. The van der Waals surface area contributed by atoms with E-state index in [2.05, 4.69) is 27.5 Å². The second kappa shape index (κ2) is 10.4. The average molecular weight is 422 g/mol. The fraction of sp³-hybridized carbons (Fsp3) is 0.733. The maximum absolute atomic E-state index is 4.34. The largest absolute Gasteiger partial charge is 0.356 e. The molecule has 2 rings (SSSR count). The van der Waals surface area contributed by atoms with Crippen molar-refractivity contribution in [1.82, 2.24) is 15.6 Å². The Kier molecular flexibility index (Phi) is 9.23. The van der Waals surface area contributed by atoms with E-state index in [-0.39, 0.29) is 24.0 Å². The molecule has 0 unspecified atom stereocenters. The fourth-order valence-corrected chi connectivity index (χ4v) is 3.49. The zero-order valence-corrected chi connectivity index (χ0v) is 16.2. The van der Waals surface area contributed by atoms with Crippen molar-refractivity contribution in [2.75, 3.05) is 13.6 Å². The van der Waals surface area contributed by atoms with Crippen molar-refractivity contribution in [2.24, 2.45) is 10.9 Å². The van der Waals surface area contributed by atoms with Crippen LogP contribution in [0.25, 0.3) is 0 Å². The summed E-state index contributed by atoms with van der Waals surface area (Å²) in [5.74, 6) is 1.86. The Hall–Kier alpha value is -0.370. The number of guanidine groups is 1. The quantitative estimate of drug-likeness (QED) is 0.318. The molecule has 0 bridgehead atoms. The number of aromatic nitrogens is 1. The summed E-state index contributed by atoms with van der Waals surface area (Å²) in [5, 5.41) is 7.81. The molecule has 6 heteroatoms. The lowest BCUT2D eigenvalue weighted by Crippen LogP contribution is -2.37. The molecule has 0 atom stereocenters. The minimum absolute atomic E-state index is 0. The summed E-state index contributed by atoms with van der Waals surface area (Å²) in [7, 11) is 1.82. The number of hydrogen-bond donors (Lipinski definition) is 2. The summed E-state index contributed by atoms with van der Waals surface area (Å²) >= 11 is 1.73. The third-order valence-electron chi connectivity index (χ3n) is 3.86. The normalized spacial score (nSPS) is 15.8. The number of aryl methyl sites for hydroxylation is 1. The average Bonchev–Trinajstić information content (AvgIpc) is 3.09.